The zero-order valence-corrected chi connectivity index (χ0v) is 12.9. The van der Waals surface area contributed by atoms with Gasteiger partial charge in [-0.05, 0) is 42.8 Å². The Hall–Kier alpha value is -2.71. The van der Waals surface area contributed by atoms with Crippen LogP contribution < -0.4 is 5.32 Å². The number of nitrogens with zero attached hydrogens (tertiary/aromatic N) is 1. The highest BCUT2D eigenvalue weighted by molar-refractivity contribution is 6.35. The van der Waals surface area contributed by atoms with Gasteiger partial charge < -0.3 is 5.32 Å². The molecule has 0 heterocycles. The first-order valence-corrected chi connectivity index (χ1v) is 7.06. The van der Waals surface area contributed by atoms with Crippen molar-refractivity contribution in [2.45, 2.75) is 6.92 Å². The number of aryl methyl sites for hydroxylation is 1. The summed E-state index contributed by atoms with van der Waals surface area (Å²) >= 11 is 5.81. The molecule has 0 aliphatic carbocycles. The van der Waals surface area contributed by atoms with Crippen LogP contribution in [0.25, 0.3) is 0 Å². The largest absolute Gasteiger partial charge is 0.325 e. The quantitative estimate of drug-likeness (QED) is 0.685. The van der Waals surface area contributed by atoms with Crippen molar-refractivity contribution in [3.05, 3.63) is 64.4 Å². The number of nitrogens with one attached hydrogen (secondary N) is 1. The number of carbonyl (C=O) groups excluding carboxylic acids is 2. The van der Waals surface area contributed by atoms with Crippen molar-refractivity contribution in [2.75, 3.05) is 5.32 Å². The molecule has 2 aromatic carbocycles. The van der Waals surface area contributed by atoms with Gasteiger partial charge in [-0.2, -0.15) is 5.26 Å². The molecule has 6 heteroatoms. The van der Waals surface area contributed by atoms with Gasteiger partial charge in [0.05, 0.1) is 11.1 Å². The molecule has 0 bridgehead atoms. The fraction of sp³-hybridized carbons (Fsp3) is 0.118. The maximum Gasteiger partial charge on any atom is 0.249 e. The van der Waals surface area contributed by atoms with Gasteiger partial charge in [0, 0.05) is 11.3 Å². The van der Waals surface area contributed by atoms with E-state index in [0.717, 1.165) is 23.8 Å². The van der Waals surface area contributed by atoms with Gasteiger partial charge >= 0.3 is 0 Å². The van der Waals surface area contributed by atoms with Gasteiger partial charge in [0.25, 0.3) is 0 Å². The summed E-state index contributed by atoms with van der Waals surface area (Å²) in [7, 11) is 0. The molecule has 0 fully saturated rings. The number of halogens is 2. The van der Waals surface area contributed by atoms with Gasteiger partial charge in [-0.15, -0.1) is 0 Å². The second-order valence-corrected chi connectivity index (χ2v) is 5.32. The first-order valence-electron chi connectivity index (χ1n) is 6.69. The smallest absolute Gasteiger partial charge is 0.249 e. The maximum atomic E-state index is 13.0. The lowest BCUT2D eigenvalue weighted by atomic mass is 9.97. The minimum atomic E-state index is -1.57. The standard InChI is InChI=1S/C17H12ClFN2O2/c1-10-3-2-4-12(7-10)21-17(23)14(9-20)16(22)13-6-5-11(19)8-15(13)18/h2-8,14H,1H3,(H,21,23)/t14-/m1/s1. The zero-order valence-electron chi connectivity index (χ0n) is 12.1. The minimum Gasteiger partial charge on any atom is -0.325 e. The highest BCUT2D eigenvalue weighted by atomic mass is 35.5. The Balaban J connectivity index is 2.23. The summed E-state index contributed by atoms with van der Waals surface area (Å²) in [4.78, 5) is 24.5. The highest BCUT2D eigenvalue weighted by Gasteiger charge is 2.29. The minimum absolute atomic E-state index is 0.0704. The normalized spacial score (nSPS) is 11.4. The summed E-state index contributed by atoms with van der Waals surface area (Å²) in [6, 6.07) is 11.8. The number of carbonyl (C=O) groups is 2. The third kappa shape index (κ3) is 3.93. The van der Waals surface area contributed by atoms with Gasteiger partial charge in [-0.25, -0.2) is 4.39 Å². The molecular weight excluding hydrogens is 319 g/mol. The van der Waals surface area contributed by atoms with Crippen molar-refractivity contribution in [3.8, 4) is 6.07 Å². The molecule has 0 radical (unpaired) electrons. The number of ketones is 1. The molecule has 0 saturated carbocycles. The number of benzene rings is 2. The molecule has 0 unspecified atom stereocenters. The van der Waals surface area contributed by atoms with Crippen LogP contribution in [0.2, 0.25) is 5.02 Å². The monoisotopic (exact) mass is 330 g/mol. The van der Waals surface area contributed by atoms with Gasteiger partial charge in [0.1, 0.15) is 5.82 Å². The second kappa shape index (κ2) is 7.03. The van der Waals surface area contributed by atoms with Gasteiger partial charge in [-0.3, -0.25) is 9.59 Å². The molecule has 0 saturated heterocycles. The van der Waals surface area contributed by atoms with Crippen molar-refractivity contribution < 1.29 is 14.0 Å². The number of amides is 1. The van der Waals surface area contributed by atoms with Crippen LogP contribution in [0.4, 0.5) is 10.1 Å². The molecule has 0 aliphatic heterocycles. The van der Waals surface area contributed by atoms with Crippen molar-refractivity contribution >= 4 is 29.0 Å². The molecule has 1 atom stereocenters. The Morgan fingerprint density at radius 3 is 2.61 bits per heavy atom. The molecule has 4 nitrogen and oxygen atoms in total. The van der Waals surface area contributed by atoms with E-state index in [9.17, 15) is 14.0 Å². The SMILES string of the molecule is Cc1cccc(NC(=O)[C@H](C#N)C(=O)c2ccc(F)cc2Cl)c1. The van der Waals surface area contributed by atoms with E-state index >= 15 is 0 Å². The summed E-state index contributed by atoms with van der Waals surface area (Å²) < 4.78 is 13.0. The molecule has 1 N–H and O–H groups in total. The number of hydrogen-bond acceptors (Lipinski definition) is 3. The summed E-state index contributed by atoms with van der Waals surface area (Å²) in [5, 5.41) is 11.5. The van der Waals surface area contributed by atoms with E-state index in [-0.39, 0.29) is 10.6 Å². The topological polar surface area (TPSA) is 70.0 Å². The lowest BCUT2D eigenvalue weighted by molar-refractivity contribution is -0.117. The Morgan fingerprint density at radius 2 is 2.00 bits per heavy atom. The van der Waals surface area contributed by atoms with Crippen molar-refractivity contribution in [1.29, 1.82) is 5.26 Å². The van der Waals surface area contributed by atoms with Gasteiger partial charge in [0.2, 0.25) is 5.91 Å². The van der Waals surface area contributed by atoms with E-state index < -0.39 is 23.4 Å². The maximum absolute atomic E-state index is 13.0. The summed E-state index contributed by atoms with van der Waals surface area (Å²) in [6.45, 7) is 1.85. The molecule has 2 rings (SSSR count). The molecule has 0 aromatic heterocycles. The van der Waals surface area contributed by atoms with E-state index in [0.29, 0.717) is 5.69 Å². The summed E-state index contributed by atoms with van der Waals surface area (Å²) in [6.07, 6.45) is 0. The van der Waals surface area contributed by atoms with E-state index in [1.807, 2.05) is 13.0 Å². The van der Waals surface area contributed by atoms with Crippen LogP contribution in [-0.2, 0) is 4.79 Å². The third-order valence-corrected chi connectivity index (χ3v) is 3.45. The van der Waals surface area contributed by atoms with Crippen LogP contribution in [0, 0.1) is 30.0 Å². The predicted molar refractivity (Wildman–Crippen MR) is 84.7 cm³/mol. The number of nitriles is 1. The van der Waals surface area contributed by atoms with Crippen LogP contribution in [0.1, 0.15) is 15.9 Å². The van der Waals surface area contributed by atoms with Crippen LogP contribution in [0.3, 0.4) is 0 Å². The predicted octanol–water partition coefficient (Wildman–Crippen LogP) is 3.75. The molecule has 1 amide bonds. The molecule has 2 aromatic rings. The number of Topliss-reactive ketones (excluding diaryl/α,β-unsaturated/α-hetero) is 1. The number of anilines is 1. The molecular formula is C17H12ClFN2O2. The van der Waals surface area contributed by atoms with Crippen molar-refractivity contribution in [1.82, 2.24) is 0 Å². The Labute approximate surface area is 137 Å². The highest BCUT2D eigenvalue weighted by Crippen LogP contribution is 2.21. The fourth-order valence-corrected chi connectivity index (χ4v) is 2.28. The third-order valence-electron chi connectivity index (χ3n) is 3.14. The van der Waals surface area contributed by atoms with E-state index in [4.69, 9.17) is 16.9 Å². The van der Waals surface area contributed by atoms with Crippen LogP contribution in [-0.4, -0.2) is 11.7 Å². The lowest BCUT2D eigenvalue weighted by Gasteiger charge is -2.11. The molecule has 0 spiro atoms. The first kappa shape index (κ1) is 16.7. The first-order chi connectivity index (χ1) is 10.9. The molecule has 116 valence electrons. The number of hydrogen-bond donors (Lipinski definition) is 1. The van der Waals surface area contributed by atoms with Crippen molar-refractivity contribution in [2.24, 2.45) is 5.92 Å². The zero-order chi connectivity index (χ0) is 17.0. The Morgan fingerprint density at radius 1 is 1.26 bits per heavy atom. The van der Waals surface area contributed by atoms with E-state index in [1.54, 1.807) is 24.3 Å². The van der Waals surface area contributed by atoms with Crippen LogP contribution in [0.15, 0.2) is 42.5 Å². The average Bonchev–Trinajstić information content (AvgIpc) is 2.47. The fourth-order valence-electron chi connectivity index (χ4n) is 2.02. The van der Waals surface area contributed by atoms with Gasteiger partial charge in [-0.1, -0.05) is 23.7 Å². The summed E-state index contributed by atoms with van der Waals surface area (Å²) in [5.74, 6) is -3.71. The van der Waals surface area contributed by atoms with E-state index in [1.165, 1.54) is 0 Å². The molecule has 23 heavy (non-hydrogen) atoms. The average molecular weight is 331 g/mol. The summed E-state index contributed by atoms with van der Waals surface area (Å²) in [5.41, 5.74) is 1.33. The molecule has 0 aliphatic rings. The van der Waals surface area contributed by atoms with Crippen LogP contribution in [0.5, 0.6) is 0 Å². The Kier molecular flexibility index (Phi) is 5.09. The van der Waals surface area contributed by atoms with Gasteiger partial charge in [0.15, 0.2) is 11.7 Å². The second-order valence-electron chi connectivity index (χ2n) is 4.91. The lowest BCUT2D eigenvalue weighted by Crippen LogP contribution is -2.29. The Bertz CT molecular complexity index is 814. The van der Waals surface area contributed by atoms with E-state index in [2.05, 4.69) is 5.32 Å². The van der Waals surface area contributed by atoms with Crippen LogP contribution >= 0.6 is 11.6 Å². The van der Waals surface area contributed by atoms with Crippen molar-refractivity contribution in [3.63, 3.8) is 0 Å². The number of rotatable bonds is 4.